The van der Waals surface area contributed by atoms with Gasteiger partial charge in [-0.05, 0) is 18.6 Å². The molecule has 1 amide bonds. The molecule has 0 radical (unpaired) electrons. The smallest absolute Gasteiger partial charge is 0.280 e. The van der Waals surface area contributed by atoms with Crippen LogP contribution in [0.25, 0.3) is 11.6 Å². The summed E-state index contributed by atoms with van der Waals surface area (Å²) in [6, 6.07) is 9.39. The Morgan fingerprint density at radius 1 is 1.33 bits per heavy atom. The molecule has 1 atom stereocenters. The molecule has 0 unspecified atom stereocenters. The van der Waals surface area contributed by atoms with Gasteiger partial charge in [-0.3, -0.25) is 4.79 Å². The van der Waals surface area contributed by atoms with Gasteiger partial charge in [-0.25, -0.2) is 4.68 Å². The molecule has 2 aromatic heterocycles. The minimum atomic E-state index is -0.0359. The second-order valence-corrected chi connectivity index (χ2v) is 6.34. The molecule has 0 aliphatic carbocycles. The average molecular weight is 368 g/mol. The molecule has 27 heavy (non-hydrogen) atoms. The third kappa shape index (κ3) is 3.81. The first-order valence-corrected chi connectivity index (χ1v) is 8.93. The van der Waals surface area contributed by atoms with E-state index in [0.717, 1.165) is 6.42 Å². The van der Waals surface area contributed by atoms with E-state index in [4.69, 9.17) is 9.26 Å². The van der Waals surface area contributed by atoms with Gasteiger partial charge in [-0.1, -0.05) is 35.5 Å². The molecule has 3 aromatic rings. The maximum Gasteiger partial charge on any atom is 0.280 e. The number of hydrogen-bond donors (Lipinski definition) is 0. The summed E-state index contributed by atoms with van der Waals surface area (Å²) >= 11 is 0. The second-order valence-electron chi connectivity index (χ2n) is 6.34. The van der Waals surface area contributed by atoms with E-state index in [2.05, 4.69) is 20.5 Å². The van der Waals surface area contributed by atoms with Crippen LogP contribution in [0.4, 0.5) is 0 Å². The first kappa shape index (κ1) is 17.2. The van der Waals surface area contributed by atoms with Gasteiger partial charge in [0.05, 0.1) is 12.2 Å². The predicted octanol–water partition coefficient (Wildman–Crippen LogP) is 1.74. The maximum absolute atomic E-state index is 12.4. The van der Waals surface area contributed by atoms with Crippen molar-refractivity contribution in [1.82, 2.24) is 30.0 Å². The van der Waals surface area contributed by atoms with Crippen LogP contribution < -0.4 is 4.74 Å². The molecule has 4 rings (SSSR count). The number of aryl methyl sites for hydroxylation is 1. The van der Waals surface area contributed by atoms with Gasteiger partial charge in [0.15, 0.2) is 18.1 Å². The molecular weight excluding hydrogens is 348 g/mol. The van der Waals surface area contributed by atoms with E-state index in [0.29, 0.717) is 42.7 Å². The minimum absolute atomic E-state index is 0.0289. The Hall–Kier alpha value is -3.23. The first-order chi connectivity index (χ1) is 13.2. The van der Waals surface area contributed by atoms with Crippen LogP contribution in [0.5, 0.6) is 5.75 Å². The predicted molar refractivity (Wildman–Crippen MR) is 94.9 cm³/mol. The van der Waals surface area contributed by atoms with E-state index < -0.39 is 0 Å². The van der Waals surface area contributed by atoms with Crippen LogP contribution >= 0.6 is 0 Å². The fourth-order valence-electron chi connectivity index (χ4n) is 2.99. The number of amides is 1. The highest BCUT2D eigenvalue weighted by Crippen LogP contribution is 2.23. The van der Waals surface area contributed by atoms with Crippen molar-refractivity contribution in [2.45, 2.75) is 25.8 Å². The number of ether oxygens (including phenoxy) is 1. The highest BCUT2D eigenvalue weighted by atomic mass is 16.5. The molecule has 140 valence electrons. The topological polar surface area (TPSA) is 99.2 Å². The van der Waals surface area contributed by atoms with Gasteiger partial charge in [0.25, 0.3) is 11.8 Å². The molecule has 1 aromatic carbocycles. The molecule has 9 heteroatoms. The molecule has 1 aliphatic heterocycles. The Morgan fingerprint density at radius 2 is 2.19 bits per heavy atom. The quantitative estimate of drug-likeness (QED) is 0.653. The van der Waals surface area contributed by atoms with E-state index in [1.54, 1.807) is 15.8 Å². The zero-order valence-corrected chi connectivity index (χ0v) is 15.0. The standard InChI is InChI=1S/C18H20N6O3/c1-2-16-19-18(27-21-16)15-11-24(22-20-15)13-8-9-23(10-13)17(25)12-26-14-6-4-3-5-7-14/h3-7,11,13H,2,8-10,12H2,1H3/t13-/m0/s1. The van der Waals surface area contributed by atoms with E-state index in [1.807, 2.05) is 37.3 Å². The van der Waals surface area contributed by atoms with Crippen LogP contribution in [0.3, 0.4) is 0 Å². The number of hydrogen-bond acceptors (Lipinski definition) is 7. The lowest BCUT2D eigenvalue weighted by molar-refractivity contribution is -0.132. The molecule has 0 bridgehead atoms. The van der Waals surface area contributed by atoms with Gasteiger partial charge in [-0.15, -0.1) is 5.10 Å². The summed E-state index contributed by atoms with van der Waals surface area (Å²) in [4.78, 5) is 18.4. The van der Waals surface area contributed by atoms with Crippen LogP contribution in [0.1, 0.15) is 25.2 Å². The van der Waals surface area contributed by atoms with E-state index in [1.165, 1.54) is 0 Å². The SMILES string of the molecule is CCc1noc(-c2cn([C@H]3CCN(C(=O)COc4ccccc4)C3)nn2)n1. The van der Waals surface area contributed by atoms with Crippen molar-refractivity contribution >= 4 is 5.91 Å². The van der Waals surface area contributed by atoms with E-state index >= 15 is 0 Å². The second kappa shape index (κ2) is 7.56. The van der Waals surface area contributed by atoms with Crippen molar-refractivity contribution in [3.05, 3.63) is 42.4 Å². The maximum atomic E-state index is 12.4. The number of benzene rings is 1. The van der Waals surface area contributed by atoms with Crippen LogP contribution in [0.15, 0.2) is 41.1 Å². The Morgan fingerprint density at radius 3 is 2.96 bits per heavy atom. The van der Waals surface area contributed by atoms with Crippen LogP contribution in [-0.4, -0.2) is 55.6 Å². The summed E-state index contributed by atoms with van der Waals surface area (Å²) in [5.74, 6) is 1.65. The molecule has 0 saturated carbocycles. The van der Waals surface area contributed by atoms with Crippen molar-refractivity contribution in [2.24, 2.45) is 0 Å². The van der Waals surface area contributed by atoms with Gasteiger partial charge >= 0.3 is 0 Å². The highest BCUT2D eigenvalue weighted by Gasteiger charge is 2.29. The molecular formula is C18H20N6O3. The number of carbonyl (C=O) groups is 1. The summed E-state index contributed by atoms with van der Waals surface area (Å²) in [5.41, 5.74) is 0.541. The summed E-state index contributed by atoms with van der Waals surface area (Å²) < 4.78 is 12.5. The zero-order chi connectivity index (χ0) is 18.6. The molecule has 1 saturated heterocycles. The van der Waals surface area contributed by atoms with Crippen molar-refractivity contribution in [3.8, 4) is 17.3 Å². The number of likely N-dealkylation sites (tertiary alicyclic amines) is 1. The monoisotopic (exact) mass is 368 g/mol. The number of para-hydroxylation sites is 1. The minimum Gasteiger partial charge on any atom is -0.484 e. The lowest BCUT2D eigenvalue weighted by Gasteiger charge is -2.16. The molecule has 3 heterocycles. The van der Waals surface area contributed by atoms with Crippen LogP contribution in [-0.2, 0) is 11.2 Å². The van der Waals surface area contributed by atoms with Gasteiger partial charge in [0, 0.05) is 19.5 Å². The molecule has 0 spiro atoms. The van der Waals surface area contributed by atoms with Crippen molar-refractivity contribution in [1.29, 1.82) is 0 Å². The van der Waals surface area contributed by atoms with Gasteiger partial charge in [0.2, 0.25) is 0 Å². The van der Waals surface area contributed by atoms with Crippen molar-refractivity contribution < 1.29 is 14.1 Å². The van der Waals surface area contributed by atoms with Gasteiger partial charge in [0.1, 0.15) is 5.75 Å². The van der Waals surface area contributed by atoms with E-state index in [-0.39, 0.29) is 18.6 Å². The number of carbonyl (C=O) groups excluding carboxylic acids is 1. The lowest BCUT2D eigenvalue weighted by Crippen LogP contribution is -2.33. The third-order valence-electron chi connectivity index (χ3n) is 4.51. The Kier molecular flexibility index (Phi) is 4.82. The highest BCUT2D eigenvalue weighted by molar-refractivity contribution is 5.78. The largest absolute Gasteiger partial charge is 0.484 e. The van der Waals surface area contributed by atoms with E-state index in [9.17, 15) is 4.79 Å². The summed E-state index contributed by atoms with van der Waals surface area (Å²) in [7, 11) is 0. The molecule has 1 fully saturated rings. The summed E-state index contributed by atoms with van der Waals surface area (Å²) in [6.07, 6.45) is 3.29. The van der Waals surface area contributed by atoms with Crippen molar-refractivity contribution in [2.75, 3.05) is 19.7 Å². The fourth-order valence-corrected chi connectivity index (χ4v) is 2.99. The summed E-state index contributed by atoms with van der Waals surface area (Å²) in [6.45, 7) is 3.22. The Bertz CT molecular complexity index is 907. The summed E-state index contributed by atoms with van der Waals surface area (Å²) in [5, 5.41) is 12.1. The Labute approximate surface area is 155 Å². The first-order valence-electron chi connectivity index (χ1n) is 8.93. The number of nitrogens with zero attached hydrogens (tertiary/aromatic N) is 6. The average Bonchev–Trinajstić information content (AvgIpc) is 3.46. The zero-order valence-electron chi connectivity index (χ0n) is 15.0. The van der Waals surface area contributed by atoms with Crippen molar-refractivity contribution in [3.63, 3.8) is 0 Å². The Balaban J connectivity index is 1.34. The van der Waals surface area contributed by atoms with Crippen LogP contribution in [0, 0.1) is 0 Å². The molecule has 9 nitrogen and oxygen atoms in total. The normalized spacial score (nSPS) is 16.6. The van der Waals surface area contributed by atoms with Gasteiger partial charge in [-0.2, -0.15) is 4.98 Å². The molecule has 1 aliphatic rings. The van der Waals surface area contributed by atoms with Crippen LogP contribution in [0.2, 0.25) is 0 Å². The van der Waals surface area contributed by atoms with Gasteiger partial charge < -0.3 is 14.2 Å². The molecule has 0 N–H and O–H groups in total. The third-order valence-corrected chi connectivity index (χ3v) is 4.51. The lowest BCUT2D eigenvalue weighted by atomic mass is 10.3. The number of rotatable bonds is 6. The number of aromatic nitrogens is 5. The fraction of sp³-hybridized carbons (Fsp3) is 0.389.